The van der Waals surface area contributed by atoms with E-state index in [4.69, 9.17) is 28.3 Å². The number of fused-ring (bicyclic) bond motifs is 1. The Balaban J connectivity index is 1.88. The monoisotopic (exact) mass is 389 g/mol. The Kier molecular flexibility index (Phi) is 6.74. The summed E-state index contributed by atoms with van der Waals surface area (Å²) in [4.78, 5) is 4.37. The van der Waals surface area contributed by atoms with Crippen molar-refractivity contribution in [2.45, 2.75) is 50.5 Å². The fraction of sp³-hybridized carbons (Fsp3) is 0.409. The van der Waals surface area contributed by atoms with Crippen molar-refractivity contribution >= 4 is 29.9 Å². The van der Waals surface area contributed by atoms with E-state index in [1.54, 1.807) is 0 Å². The highest BCUT2D eigenvalue weighted by molar-refractivity contribution is 6.42. The van der Waals surface area contributed by atoms with Gasteiger partial charge in [-0.15, -0.1) is 0 Å². The SMILES string of the molecule is C=N[C@H]1CC[C@@H](c2ccc(Cl)c(Cl)c2)c2ccc(CCCCCO)cc21. The summed E-state index contributed by atoms with van der Waals surface area (Å²) in [5.74, 6) is 0.321. The van der Waals surface area contributed by atoms with Crippen LogP contribution in [0.25, 0.3) is 0 Å². The van der Waals surface area contributed by atoms with Crippen LogP contribution in [-0.4, -0.2) is 18.4 Å². The molecule has 138 valence electrons. The first-order valence-electron chi connectivity index (χ1n) is 9.28. The van der Waals surface area contributed by atoms with Gasteiger partial charge in [-0.05, 0) is 73.2 Å². The molecule has 0 aliphatic heterocycles. The Bertz CT molecular complexity index is 775. The molecule has 0 heterocycles. The standard InChI is InChI=1S/C22H25Cl2NO/c1-25-22-11-9-17(16-7-10-20(23)21(24)14-16)18-8-6-15(13-19(18)22)5-3-2-4-12-26/h6-8,10,13-14,17,22,26H,1-5,9,11-12H2/t17-,22-/m0/s1. The average molecular weight is 390 g/mol. The van der Waals surface area contributed by atoms with Gasteiger partial charge in [-0.25, -0.2) is 0 Å². The predicted octanol–water partition coefficient (Wildman–Crippen LogP) is 6.37. The Morgan fingerprint density at radius 1 is 0.962 bits per heavy atom. The average Bonchev–Trinajstić information content (AvgIpc) is 2.66. The van der Waals surface area contributed by atoms with Crippen LogP contribution in [0.4, 0.5) is 0 Å². The summed E-state index contributed by atoms with van der Waals surface area (Å²) in [5, 5.41) is 10.1. The molecule has 0 unspecified atom stereocenters. The van der Waals surface area contributed by atoms with E-state index in [9.17, 15) is 0 Å². The number of nitrogens with zero attached hydrogens (tertiary/aromatic N) is 1. The van der Waals surface area contributed by atoms with Gasteiger partial charge in [0.1, 0.15) is 0 Å². The van der Waals surface area contributed by atoms with Crippen LogP contribution >= 0.6 is 23.2 Å². The van der Waals surface area contributed by atoms with E-state index in [1.807, 2.05) is 12.1 Å². The minimum atomic E-state index is 0.168. The summed E-state index contributed by atoms with van der Waals surface area (Å²) < 4.78 is 0. The zero-order chi connectivity index (χ0) is 18.5. The van der Waals surface area contributed by atoms with Gasteiger partial charge < -0.3 is 5.11 Å². The number of unbranched alkanes of at least 4 members (excludes halogenated alkanes) is 2. The van der Waals surface area contributed by atoms with Gasteiger partial charge >= 0.3 is 0 Å². The number of benzene rings is 2. The molecule has 0 aromatic heterocycles. The fourth-order valence-corrected chi connectivity index (χ4v) is 4.21. The zero-order valence-electron chi connectivity index (χ0n) is 14.9. The van der Waals surface area contributed by atoms with Crippen molar-refractivity contribution in [3.05, 3.63) is 68.7 Å². The van der Waals surface area contributed by atoms with Crippen LogP contribution in [0.1, 0.15) is 66.3 Å². The van der Waals surface area contributed by atoms with Crippen molar-refractivity contribution in [2.24, 2.45) is 4.99 Å². The van der Waals surface area contributed by atoms with Crippen molar-refractivity contribution in [3.8, 4) is 0 Å². The Hall–Kier alpha value is -1.35. The second-order valence-electron chi connectivity index (χ2n) is 7.00. The number of hydrogen-bond acceptors (Lipinski definition) is 2. The molecule has 3 rings (SSSR count). The maximum absolute atomic E-state index is 8.93. The molecule has 0 amide bonds. The summed E-state index contributed by atoms with van der Waals surface area (Å²) in [5.41, 5.74) is 5.16. The topological polar surface area (TPSA) is 32.6 Å². The summed E-state index contributed by atoms with van der Waals surface area (Å²) in [6.45, 7) is 4.08. The molecule has 0 saturated carbocycles. The van der Waals surface area contributed by atoms with Gasteiger partial charge in [0.25, 0.3) is 0 Å². The lowest BCUT2D eigenvalue weighted by molar-refractivity contribution is 0.283. The summed E-state index contributed by atoms with van der Waals surface area (Å²) in [6.07, 6.45) is 6.10. The number of aliphatic imine (C=N–C) groups is 1. The number of hydrogen-bond donors (Lipinski definition) is 1. The highest BCUT2D eigenvalue weighted by atomic mass is 35.5. The zero-order valence-corrected chi connectivity index (χ0v) is 16.4. The van der Waals surface area contributed by atoms with E-state index in [0.29, 0.717) is 16.0 Å². The third-order valence-corrected chi connectivity index (χ3v) is 6.04. The third-order valence-electron chi connectivity index (χ3n) is 5.30. The number of aliphatic hydroxyl groups is 1. The molecule has 0 saturated heterocycles. The van der Waals surface area contributed by atoms with Gasteiger partial charge in [0.2, 0.25) is 0 Å². The van der Waals surface area contributed by atoms with Crippen molar-refractivity contribution in [1.82, 2.24) is 0 Å². The minimum absolute atomic E-state index is 0.168. The first kappa shape index (κ1) is 19.4. The van der Waals surface area contributed by atoms with Gasteiger partial charge in [-0.2, -0.15) is 0 Å². The summed E-state index contributed by atoms with van der Waals surface area (Å²) in [6, 6.07) is 12.9. The fourth-order valence-electron chi connectivity index (χ4n) is 3.90. The van der Waals surface area contributed by atoms with Crippen LogP contribution in [-0.2, 0) is 6.42 Å². The van der Waals surface area contributed by atoms with E-state index in [0.717, 1.165) is 38.5 Å². The van der Waals surface area contributed by atoms with Gasteiger partial charge in [0, 0.05) is 12.5 Å². The van der Waals surface area contributed by atoms with Crippen molar-refractivity contribution in [2.75, 3.05) is 6.61 Å². The number of aliphatic hydroxyl groups excluding tert-OH is 1. The molecule has 2 atom stereocenters. The maximum Gasteiger partial charge on any atom is 0.0745 e. The third kappa shape index (κ3) is 4.31. The lowest BCUT2D eigenvalue weighted by Crippen LogP contribution is -2.15. The highest BCUT2D eigenvalue weighted by Crippen LogP contribution is 2.44. The molecule has 0 spiro atoms. The maximum atomic E-state index is 8.93. The molecule has 0 radical (unpaired) electrons. The summed E-state index contributed by atoms with van der Waals surface area (Å²) in [7, 11) is 0. The van der Waals surface area contributed by atoms with Gasteiger partial charge in [-0.3, -0.25) is 4.99 Å². The first-order valence-corrected chi connectivity index (χ1v) is 10.0. The Morgan fingerprint density at radius 3 is 2.54 bits per heavy atom. The van der Waals surface area contributed by atoms with Crippen LogP contribution in [0.3, 0.4) is 0 Å². The lowest BCUT2D eigenvalue weighted by atomic mass is 9.76. The van der Waals surface area contributed by atoms with Crippen LogP contribution in [0.2, 0.25) is 10.0 Å². The van der Waals surface area contributed by atoms with Gasteiger partial charge in [0.15, 0.2) is 0 Å². The quantitative estimate of drug-likeness (QED) is 0.433. The van der Waals surface area contributed by atoms with Crippen LogP contribution in [0.15, 0.2) is 41.4 Å². The van der Waals surface area contributed by atoms with Crippen LogP contribution < -0.4 is 0 Å². The highest BCUT2D eigenvalue weighted by Gasteiger charge is 2.28. The van der Waals surface area contributed by atoms with E-state index >= 15 is 0 Å². The predicted molar refractivity (Wildman–Crippen MR) is 111 cm³/mol. The van der Waals surface area contributed by atoms with Crippen LogP contribution in [0.5, 0.6) is 0 Å². The smallest absolute Gasteiger partial charge is 0.0745 e. The minimum Gasteiger partial charge on any atom is -0.396 e. The molecule has 0 fully saturated rings. The van der Waals surface area contributed by atoms with Gasteiger partial charge in [0.05, 0.1) is 16.1 Å². The number of aryl methyl sites for hydroxylation is 1. The Morgan fingerprint density at radius 2 is 1.81 bits per heavy atom. The van der Waals surface area contributed by atoms with E-state index in [-0.39, 0.29) is 12.6 Å². The molecule has 4 heteroatoms. The van der Waals surface area contributed by atoms with Crippen LogP contribution in [0, 0.1) is 0 Å². The van der Waals surface area contributed by atoms with Crippen molar-refractivity contribution < 1.29 is 5.11 Å². The van der Waals surface area contributed by atoms with E-state index in [1.165, 1.54) is 22.3 Å². The molecular weight excluding hydrogens is 365 g/mol. The Labute approximate surface area is 165 Å². The molecule has 1 aliphatic carbocycles. The molecule has 1 N–H and O–H groups in total. The molecule has 0 bridgehead atoms. The summed E-state index contributed by atoms with van der Waals surface area (Å²) >= 11 is 12.3. The number of rotatable bonds is 7. The molecule has 2 aromatic rings. The molecule has 2 nitrogen and oxygen atoms in total. The largest absolute Gasteiger partial charge is 0.396 e. The molecular formula is C22H25Cl2NO. The number of halogens is 2. The van der Waals surface area contributed by atoms with E-state index < -0.39 is 0 Å². The second kappa shape index (κ2) is 9.03. The second-order valence-corrected chi connectivity index (χ2v) is 7.81. The van der Waals surface area contributed by atoms with Gasteiger partial charge in [-0.1, -0.05) is 53.9 Å². The molecule has 1 aliphatic rings. The molecule has 2 aromatic carbocycles. The van der Waals surface area contributed by atoms with Crippen molar-refractivity contribution in [3.63, 3.8) is 0 Å². The van der Waals surface area contributed by atoms with Crippen molar-refractivity contribution in [1.29, 1.82) is 0 Å². The first-order chi connectivity index (χ1) is 12.6. The van der Waals surface area contributed by atoms with E-state index in [2.05, 4.69) is 36.0 Å². The normalized spacial score (nSPS) is 19.2. The molecule has 26 heavy (non-hydrogen) atoms. The lowest BCUT2D eigenvalue weighted by Gasteiger charge is -2.30.